The van der Waals surface area contributed by atoms with Gasteiger partial charge < -0.3 is 18.9 Å². The quantitative estimate of drug-likeness (QED) is 0.593. The van der Waals surface area contributed by atoms with Gasteiger partial charge in [0, 0.05) is 6.08 Å². The molecule has 1 aliphatic rings. The molecular formula is C18H14ClFO5. The van der Waals surface area contributed by atoms with E-state index in [9.17, 15) is 9.18 Å². The lowest BCUT2D eigenvalue weighted by Crippen LogP contribution is -2.01. The minimum atomic E-state index is -0.565. The van der Waals surface area contributed by atoms with E-state index in [1.165, 1.54) is 25.3 Å². The number of hydrogen-bond donors (Lipinski definition) is 0. The van der Waals surface area contributed by atoms with Crippen LogP contribution in [-0.2, 0) is 16.1 Å². The van der Waals surface area contributed by atoms with Crippen LogP contribution in [0.1, 0.15) is 11.1 Å². The minimum absolute atomic E-state index is 0.0496. The van der Waals surface area contributed by atoms with E-state index >= 15 is 0 Å². The Morgan fingerprint density at radius 3 is 2.92 bits per heavy atom. The fraction of sp³-hybridized carbons (Fsp3) is 0.167. The van der Waals surface area contributed by atoms with Crippen molar-refractivity contribution >= 4 is 23.6 Å². The van der Waals surface area contributed by atoms with E-state index in [-0.39, 0.29) is 19.1 Å². The van der Waals surface area contributed by atoms with Crippen molar-refractivity contribution in [2.75, 3.05) is 13.9 Å². The number of carbonyl (C=O) groups excluding carboxylic acids is 1. The number of esters is 1. The van der Waals surface area contributed by atoms with Crippen molar-refractivity contribution in [2.24, 2.45) is 0 Å². The predicted octanol–water partition coefficient (Wildman–Crippen LogP) is 3.97. The average Bonchev–Trinajstić information content (AvgIpc) is 3.07. The first-order valence-electron chi connectivity index (χ1n) is 7.33. The molecule has 0 atom stereocenters. The van der Waals surface area contributed by atoms with Crippen molar-refractivity contribution in [1.82, 2.24) is 0 Å². The lowest BCUT2D eigenvalue weighted by atomic mass is 10.2. The highest BCUT2D eigenvalue weighted by atomic mass is 35.5. The summed E-state index contributed by atoms with van der Waals surface area (Å²) in [6.07, 6.45) is 2.80. The number of carbonyl (C=O) groups is 1. The normalized spacial score (nSPS) is 12.4. The number of benzene rings is 2. The number of fused-ring (bicyclic) bond motifs is 1. The molecule has 0 aliphatic carbocycles. The van der Waals surface area contributed by atoms with Crippen LogP contribution in [0.25, 0.3) is 6.08 Å². The zero-order valence-electron chi connectivity index (χ0n) is 13.3. The standard InChI is InChI=1S/C18H14ClFO5/c1-22-15-4-2-12(7-14(15)20)9-23-17(21)5-3-11-6-13(19)18-16(8-11)24-10-25-18/h2-8H,9-10H2,1H3/b5-3+. The highest BCUT2D eigenvalue weighted by Gasteiger charge is 2.17. The van der Waals surface area contributed by atoms with Gasteiger partial charge in [-0.3, -0.25) is 0 Å². The summed E-state index contributed by atoms with van der Waals surface area (Å²) in [7, 11) is 1.38. The maximum absolute atomic E-state index is 13.6. The van der Waals surface area contributed by atoms with Gasteiger partial charge in [-0.25, -0.2) is 9.18 Å². The maximum atomic E-state index is 13.6. The second-order valence-electron chi connectivity index (χ2n) is 5.15. The molecule has 0 saturated heterocycles. The number of rotatable bonds is 5. The summed E-state index contributed by atoms with van der Waals surface area (Å²) >= 11 is 6.07. The second-order valence-corrected chi connectivity index (χ2v) is 5.55. The summed E-state index contributed by atoms with van der Waals surface area (Å²) in [5, 5.41) is 0.400. The topological polar surface area (TPSA) is 54.0 Å². The zero-order chi connectivity index (χ0) is 17.8. The van der Waals surface area contributed by atoms with E-state index < -0.39 is 11.8 Å². The number of ether oxygens (including phenoxy) is 4. The fourth-order valence-corrected chi connectivity index (χ4v) is 2.52. The molecule has 2 aromatic carbocycles. The average molecular weight is 365 g/mol. The molecule has 25 heavy (non-hydrogen) atoms. The van der Waals surface area contributed by atoms with E-state index in [2.05, 4.69) is 0 Å². The van der Waals surface area contributed by atoms with Gasteiger partial charge in [0.25, 0.3) is 0 Å². The Bertz CT molecular complexity index is 834. The number of hydrogen-bond acceptors (Lipinski definition) is 5. The third-order valence-electron chi connectivity index (χ3n) is 3.46. The summed E-state index contributed by atoms with van der Waals surface area (Å²) in [6.45, 7) is 0.0642. The summed E-state index contributed by atoms with van der Waals surface area (Å²) < 4.78 is 34.0. The molecule has 0 aromatic heterocycles. The van der Waals surface area contributed by atoms with Crippen molar-refractivity contribution < 1.29 is 28.1 Å². The van der Waals surface area contributed by atoms with Crippen molar-refractivity contribution in [3.05, 3.63) is 58.4 Å². The molecule has 0 saturated carbocycles. The SMILES string of the molecule is COc1ccc(COC(=O)/C=C/c2cc(Cl)c3c(c2)OCO3)cc1F. The molecule has 3 rings (SSSR count). The van der Waals surface area contributed by atoms with Gasteiger partial charge >= 0.3 is 5.97 Å². The van der Waals surface area contributed by atoms with Crippen LogP contribution in [-0.4, -0.2) is 19.9 Å². The first-order valence-corrected chi connectivity index (χ1v) is 7.71. The monoisotopic (exact) mass is 364 g/mol. The first-order chi connectivity index (χ1) is 12.1. The van der Waals surface area contributed by atoms with Crippen LogP contribution in [0.15, 0.2) is 36.4 Å². The number of methoxy groups -OCH3 is 1. The van der Waals surface area contributed by atoms with E-state index in [1.54, 1.807) is 24.3 Å². The van der Waals surface area contributed by atoms with Gasteiger partial charge in [-0.15, -0.1) is 0 Å². The minimum Gasteiger partial charge on any atom is -0.494 e. The third kappa shape index (κ3) is 4.03. The zero-order valence-corrected chi connectivity index (χ0v) is 14.0. The predicted molar refractivity (Wildman–Crippen MR) is 89.4 cm³/mol. The lowest BCUT2D eigenvalue weighted by molar-refractivity contribution is -0.138. The molecule has 0 amide bonds. The van der Waals surface area contributed by atoms with Gasteiger partial charge in [0.1, 0.15) is 6.61 Å². The molecule has 0 fully saturated rings. The van der Waals surface area contributed by atoms with E-state index in [1.807, 2.05) is 0 Å². The van der Waals surface area contributed by atoms with Crippen LogP contribution < -0.4 is 14.2 Å². The molecule has 2 aromatic rings. The third-order valence-corrected chi connectivity index (χ3v) is 3.74. The molecule has 0 spiro atoms. The Balaban J connectivity index is 1.60. The van der Waals surface area contributed by atoms with Gasteiger partial charge in [-0.05, 0) is 41.5 Å². The largest absolute Gasteiger partial charge is 0.494 e. The van der Waals surface area contributed by atoms with Crippen molar-refractivity contribution in [1.29, 1.82) is 0 Å². The molecule has 0 radical (unpaired) electrons. The lowest BCUT2D eigenvalue weighted by Gasteiger charge is -2.05. The van der Waals surface area contributed by atoms with Gasteiger partial charge in [-0.1, -0.05) is 17.7 Å². The van der Waals surface area contributed by atoms with Crippen molar-refractivity contribution in [3.8, 4) is 17.2 Å². The molecule has 0 unspecified atom stereocenters. The summed E-state index contributed by atoms with van der Waals surface area (Å²) in [4.78, 5) is 11.8. The maximum Gasteiger partial charge on any atom is 0.331 e. The highest BCUT2D eigenvalue weighted by molar-refractivity contribution is 6.32. The van der Waals surface area contributed by atoms with E-state index in [4.69, 9.17) is 30.5 Å². The Morgan fingerprint density at radius 1 is 1.32 bits per heavy atom. The molecule has 130 valence electrons. The van der Waals surface area contributed by atoms with Crippen LogP contribution in [0.4, 0.5) is 4.39 Å². The van der Waals surface area contributed by atoms with Crippen LogP contribution in [0.2, 0.25) is 5.02 Å². The highest BCUT2D eigenvalue weighted by Crippen LogP contribution is 2.40. The van der Waals surface area contributed by atoms with Crippen LogP contribution in [0.3, 0.4) is 0 Å². The van der Waals surface area contributed by atoms with Gasteiger partial charge in [0.05, 0.1) is 12.1 Å². The molecule has 1 heterocycles. The molecular weight excluding hydrogens is 351 g/mol. The molecule has 7 heteroatoms. The Morgan fingerprint density at radius 2 is 2.16 bits per heavy atom. The summed E-state index contributed by atoms with van der Waals surface area (Å²) in [5.74, 6) is 0.0680. The van der Waals surface area contributed by atoms with Crippen LogP contribution in [0.5, 0.6) is 17.2 Å². The second kappa shape index (κ2) is 7.44. The van der Waals surface area contributed by atoms with Gasteiger partial charge in [0.15, 0.2) is 23.1 Å². The molecule has 0 bridgehead atoms. The van der Waals surface area contributed by atoms with Crippen molar-refractivity contribution in [3.63, 3.8) is 0 Å². The van der Waals surface area contributed by atoms with Gasteiger partial charge in [-0.2, -0.15) is 0 Å². The summed E-state index contributed by atoms with van der Waals surface area (Å²) in [6, 6.07) is 7.71. The molecule has 5 nitrogen and oxygen atoms in total. The first kappa shape index (κ1) is 17.1. The Labute approximate surface area is 148 Å². The van der Waals surface area contributed by atoms with Crippen molar-refractivity contribution in [2.45, 2.75) is 6.61 Å². The van der Waals surface area contributed by atoms with E-state index in [0.29, 0.717) is 27.6 Å². The number of halogens is 2. The fourth-order valence-electron chi connectivity index (χ4n) is 2.25. The van der Waals surface area contributed by atoms with Crippen LogP contribution in [0, 0.1) is 5.82 Å². The molecule has 1 aliphatic heterocycles. The van der Waals surface area contributed by atoms with E-state index in [0.717, 1.165) is 0 Å². The molecule has 0 N–H and O–H groups in total. The van der Waals surface area contributed by atoms with Crippen LogP contribution >= 0.6 is 11.6 Å². The summed E-state index contributed by atoms with van der Waals surface area (Å²) in [5.41, 5.74) is 1.19. The van der Waals surface area contributed by atoms with Gasteiger partial charge in [0.2, 0.25) is 6.79 Å². The smallest absolute Gasteiger partial charge is 0.331 e. The Hall–Kier alpha value is -2.73. The Kier molecular flexibility index (Phi) is 5.09.